The zero-order chi connectivity index (χ0) is 13.2. The lowest BCUT2D eigenvalue weighted by atomic mass is 10.2. The second-order valence-corrected chi connectivity index (χ2v) is 4.27. The van der Waals surface area contributed by atoms with E-state index in [-0.39, 0.29) is 24.0 Å². The molecule has 1 aromatic rings. The largest absolute Gasteiger partial charge is 0.356 e. The van der Waals surface area contributed by atoms with Crippen LogP contribution in [0.1, 0.15) is 18.9 Å². The molecule has 0 amide bonds. The summed E-state index contributed by atoms with van der Waals surface area (Å²) in [4.78, 5) is 4.16. The van der Waals surface area contributed by atoms with E-state index in [4.69, 9.17) is 11.6 Å². The summed E-state index contributed by atoms with van der Waals surface area (Å²) in [7, 11) is 1.77. The maximum Gasteiger partial charge on any atom is 0.191 e. The van der Waals surface area contributed by atoms with Crippen LogP contribution in [0.4, 0.5) is 0 Å². The van der Waals surface area contributed by atoms with Gasteiger partial charge in [-0.2, -0.15) is 0 Å². The van der Waals surface area contributed by atoms with E-state index >= 15 is 0 Å². The highest BCUT2D eigenvalue weighted by atomic mass is 127. The van der Waals surface area contributed by atoms with E-state index < -0.39 is 0 Å². The first-order chi connectivity index (χ1) is 8.76. The number of benzene rings is 1. The van der Waals surface area contributed by atoms with Gasteiger partial charge in [-0.1, -0.05) is 35.9 Å². The lowest BCUT2D eigenvalue weighted by Gasteiger charge is -2.11. The molecule has 106 valence electrons. The van der Waals surface area contributed by atoms with Crippen LogP contribution in [0.25, 0.3) is 0 Å². The minimum absolute atomic E-state index is 0. The fraction of sp³-hybridized carbons (Fsp3) is 0.357. The van der Waals surface area contributed by atoms with Crippen molar-refractivity contribution in [2.24, 2.45) is 4.99 Å². The molecule has 0 atom stereocenters. The van der Waals surface area contributed by atoms with Gasteiger partial charge < -0.3 is 10.6 Å². The molecule has 5 heteroatoms. The van der Waals surface area contributed by atoms with Crippen molar-refractivity contribution in [1.29, 1.82) is 0 Å². The summed E-state index contributed by atoms with van der Waals surface area (Å²) >= 11 is 5.84. The van der Waals surface area contributed by atoms with Gasteiger partial charge in [0.15, 0.2) is 5.96 Å². The molecule has 0 bridgehead atoms. The van der Waals surface area contributed by atoms with E-state index in [1.54, 1.807) is 7.05 Å². The molecule has 0 saturated heterocycles. The van der Waals surface area contributed by atoms with E-state index in [2.05, 4.69) is 21.7 Å². The summed E-state index contributed by atoms with van der Waals surface area (Å²) in [6.07, 6.45) is 5.17. The van der Waals surface area contributed by atoms with Crippen molar-refractivity contribution in [2.45, 2.75) is 19.9 Å². The Hall–Kier alpha value is -0.750. The molecule has 0 spiro atoms. The Balaban J connectivity index is 0.00000324. The molecule has 2 N–H and O–H groups in total. The normalized spacial score (nSPS) is 11.2. The van der Waals surface area contributed by atoms with Gasteiger partial charge in [-0.05, 0) is 31.0 Å². The second kappa shape index (κ2) is 11.1. The highest BCUT2D eigenvalue weighted by Crippen LogP contribution is 2.08. The molecule has 0 unspecified atom stereocenters. The molecule has 3 nitrogen and oxygen atoms in total. The Labute approximate surface area is 137 Å². The monoisotopic (exact) mass is 393 g/mol. The first-order valence-corrected chi connectivity index (χ1v) is 6.44. The van der Waals surface area contributed by atoms with Crippen molar-refractivity contribution in [3.05, 3.63) is 47.0 Å². The van der Waals surface area contributed by atoms with Crippen LogP contribution in [0.15, 0.2) is 41.4 Å². The smallest absolute Gasteiger partial charge is 0.191 e. The van der Waals surface area contributed by atoms with Crippen molar-refractivity contribution in [3.8, 4) is 0 Å². The highest BCUT2D eigenvalue weighted by molar-refractivity contribution is 14.0. The molecule has 0 aliphatic heterocycles. The lowest BCUT2D eigenvalue weighted by molar-refractivity contribution is 0.804. The topological polar surface area (TPSA) is 36.4 Å². The average molecular weight is 394 g/mol. The minimum atomic E-state index is 0. The number of nitrogens with zero attached hydrogens (tertiary/aromatic N) is 1. The lowest BCUT2D eigenvalue weighted by Crippen LogP contribution is -2.37. The minimum Gasteiger partial charge on any atom is -0.356 e. The molecule has 1 aromatic carbocycles. The highest BCUT2D eigenvalue weighted by Gasteiger charge is 1.97. The summed E-state index contributed by atoms with van der Waals surface area (Å²) in [6.45, 7) is 3.64. The van der Waals surface area contributed by atoms with Gasteiger partial charge in [-0.25, -0.2) is 0 Å². The summed E-state index contributed by atoms with van der Waals surface area (Å²) < 4.78 is 0. The number of nitrogens with one attached hydrogen (secondary N) is 2. The van der Waals surface area contributed by atoms with Crippen LogP contribution >= 0.6 is 35.6 Å². The molecule has 0 saturated carbocycles. The summed E-state index contributed by atoms with van der Waals surface area (Å²) in [5.41, 5.74) is 1.18. The summed E-state index contributed by atoms with van der Waals surface area (Å²) in [6, 6.07) is 7.78. The zero-order valence-electron chi connectivity index (χ0n) is 11.3. The van der Waals surface area contributed by atoms with Crippen LogP contribution in [0.5, 0.6) is 0 Å². The fourth-order valence-electron chi connectivity index (χ4n) is 1.45. The summed E-state index contributed by atoms with van der Waals surface area (Å²) in [5, 5.41) is 7.26. The van der Waals surface area contributed by atoms with Crippen LogP contribution in [-0.4, -0.2) is 19.6 Å². The molecule has 0 aliphatic carbocycles. The van der Waals surface area contributed by atoms with E-state index in [1.165, 1.54) is 5.56 Å². The van der Waals surface area contributed by atoms with Crippen LogP contribution in [-0.2, 0) is 6.54 Å². The number of guanidine groups is 1. The second-order valence-electron chi connectivity index (χ2n) is 3.84. The molecule has 0 fully saturated rings. The average Bonchev–Trinajstić information content (AvgIpc) is 2.40. The first-order valence-electron chi connectivity index (χ1n) is 6.06. The molecule has 0 aromatic heterocycles. The van der Waals surface area contributed by atoms with Gasteiger partial charge in [-0.3, -0.25) is 4.99 Å². The van der Waals surface area contributed by atoms with Crippen molar-refractivity contribution >= 4 is 41.5 Å². The number of hydrogen-bond donors (Lipinski definition) is 2. The summed E-state index contributed by atoms with van der Waals surface area (Å²) in [5.74, 6) is 0.814. The van der Waals surface area contributed by atoms with Gasteiger partial charge in [0.1, 0.15) is 0 Å². The van der Waals surface area contributed by atoms with Crippen molar-refractivity contribution < 1.29 is 0 Å². The van der Waals surface area contributed by atoms with Crippen LogP contribution in [0.3, 0.4) is 0 Å². The number of aliphatic imine (C=N–C) groups is 1. The van der Waals surface area contributed by atoms with Gasteiger partial charge in [0.05, 0.1) is 0 Å². The van der Waals surface area contributed by atoms with Crippen LogP contribution in [0, 0.1) is 0 Å². The van der Waals surface area contributed by atoms with Gasteiger partial charge >= 0.3 is 0 Å². The molecule has 0 aliphatic rings. The third-order valence-electron chi connectivity index (χ3n) is 2.44. The standard InChI is InChI=1S/C14H20ClN3.HI/c1-3-4-5-10-17-14(16-2)18-11-12-6-8-13(15)9-7-12;/h3-4,6-9H,5,10-11H2,1-2H3,(H2,16,17,18);1H. The molecule has 0 radical (unpaired) electrons. The van der Waals surface area contributed by atoms with E-state index in [0.29, 0.717) is 0 Å². The Morgan fingerprint density at radius 2 is 1.95 bits per heavy atom. The van der Waals surface area contributed by atoms with E-state index in [1.807, 2.05) is 37.3 Å². The Kier molecular flexibility index (Phi) is 10.7. The third kappa shape index (κ3) is 8.10. The van der Waals surface area contributed by atoms with Crippen LogP contribution < -0.4 is 10.6 Å². The molecule has 1 rings (SSSR count). The van der Waals surface area contributed by atoms with Crippen LogP contribution in [0.2, 0.25) is 5.02 Å². The van der Waals surface area contributed by atoms with Gasteiger partial charge in [0.2, 0.25) is 0 Å². The molecule has 0 heterocycles. The van der Waals surface area contributed by atoms with Crippen molar-refractivity contribution in [1.82, 2.24) is 10.6 Å². The molecular weight excluding hydrogens is 373 g/mol. The Bertz CT molecular complexity index is 402. The predicted octanol–water partition coefficient (Wildman–Crippen LogP) is 3.59. The molecular formula is C14H21ClIN3. The van der Waals surface area contributed by atoms with Gasteiger partial charge in [0.25, 0.3) is 0 Å². The Morgan fingerprint density at radius 3 is 2.53 bits per heavy atom. The van der Waals surface area contributed by atoms with Crippen molar-refractivity contribution in [3.63, 3.8) is 0 Å². The fourth-order valence-corrected chi connectivity index (χ4v) is 1.58. The number of rotatable bonds is 5. The number of halogens is 2. The Morgan fingerprint density at radius 1 is 1.26 bits per heavy atom. The van der Waals surface area contributed by atoms with E-state index in [0.717, 1.165) is 30.5 Å². The number of hydrogen-bond acceptors (Lipinski definition) is 1. The predicted molar refractivity (Wildman–Crippen MR) is 94.5 cm³/mol. The van der Waals surface area contributed by atoms with Crippen molar-refractivity contribution in [2.75, 3.05) is 13.6 Å². The first kappa shape index (κ1) is 18.2. The quantitative estimate of drug-likeness (QED) is 0.264. The zero-order valence-corrected chi connectivity index (χ0v) is 14.4. The SMILES string of the molecule is CC=CCCNC(=NC)NCc1ccc(Cl)cc1.I. The van der Waals surface area contributed by atoms with E-state index in [9.17, 15) is 0 Å². The third-order valence-corrected chi connectivity index (χ3v) is 2.69. The van der Waals surface area contributed by atoms with Gasteiger partial charge in [0, 0.05) is 25.2 Å². The maximum absolute atomic E-state index is 5.84. The molecule has 19 heavy (non-hydrogen) atoms. The number of allylic oxidation sites excluding steroid dienone is 1. The van der Waals surface area contributed by atoms with Gasteiger partial charge in [-0.15, -0.1) is 24.0 Å². The maximum atomic E-state index is 5.84.